The Labute approximate surface area is 207 Å². The summed E-state index contributed by atoms with van der Waals surface area (Å²) in [5, 5.41) is 3.46. The quantitative estimate of drug-likeness (QED) is 0.248. The molecule has 4 nitrogen and oxygen atoms in total. The molecule has 0 saturated carbocycles. The van der Waals surface area contributed by atoms with Gasteiger partial charge in [0, 0.05) is 24.6 Å². The van der Waals surface area contributed by atoms with Crippen LogP contribution in [-0.4, -0.2) is 32.2 Å². The fourth-order valence-electron chi connectivity index (χ4n) is 2.25. The minimum absolute atomic E-state index is 0.0627. The van der Waals surface area contributed by atoms with Crippen LogP contribution in [0.4, 0.5) is 37.7 Å². The fourth-order valence-corrected chi connectivity index (χ4v) is 3.77. The first-order valence-corrected chi connectivity index (χ1v) is 10.8. The third kappa shape index (κ3) is 7.50. The van der Waals surface area contributed by atoms with E-state index in [1.807, 2.05) is 5.32 Å². The number of hydrogen-bond acceptors (Lipinski definition) is 2. The average Bonchev–Trinajstić information content (AvgIpc) is 2.60. The van der Waals surface area contributed by atoms with Gasteiger partial charge in [-0.25, -0.2) is 0 Å². The Morgan fingerprint density at radius 2 is 1.19 bits per heavy atom. The summed E-state index contributed by atoms with van der Waals surface area (Å²) >= 11 is 33.9. The summed E-state index contributed by atoms with van der Waals surface area (Å²) in [4.78, 5) is 24.6. The van der Waals surface area contributed by atoms with E-state index in [0.717, 1.165) is 0 Å². The van der Waals surface area contributed by atoms with Crippen LogP contribution in [0.25, 0.3) is 0 Å². The highest BCUT2D eigenvalue weighted by atomic mass is 35.5. The normalized spacial score (nSPS) is 13.1. The van der Waals surface area contributed by atoms with Gasteiger partial charge in [-0.05, 0) is 12.1 Å². The maximum Gasteiger partial charge on any atom is 0.419 e. The van der Waals surface area contributed by atoms with E-state index in [2.05, 4.69) is 0 Å². The van der Waals surface area contributed by atoms with Crippen molar-refractivity contribution in [3.8, 4) is 0 Å². The zero-order chi connectivity index (χ0) is 25.1. The summed E-state index contributed by atoms with van der Waals surface area (Å²) in [6, 6.07) is 0.537. The van der Waals surface area contributed by atoms with Crippen LogP contribution in [0.5, 0.6) is 0 Å². The van der Waals surface area contributed by atoms with Crippen LogP contribution < -0.4 is 10.6 Å². The van der Waals surface area contributed by atoms with E-state index in [1.165, 1.54) is 0 Å². The minimum Gasteiger partial charge on any atom is -0.322 e. The Hall–Kier alpha value is -0.520. The van der Waals surface area contributed by atoms with E-state index >= 15 is 0 Å². The average molecular weight is 591 g/mol. The van der Waals surface area contributed by atoms with E-state index < -0.39 is 61.8 Å². The van der Waals surface area contributed by atoms with E-state index in [9.17, 15) is 35.9 Å². The summed E-state index contributed by atoms with van der Waals surface area (Å²) in [7, 11) is 0. The number of hydrogen-bond donors (Lipinski definition) is 2. The number of nitrogens with one attached hydrogen (secondary N) is 2. The molecule has 1 aromatic carbocycles. The molecule has 0 aliphatic rings. The standard InChI is InChI=1S/C16H12Cl6F6N2O2/c17-5-3-13(19,20)11(31)29-8-2-1-7(15(23,24)25)9(16(26,27)28)10(8)30-12(32)14(21,22)4-6-18/h1-2H,3-6H2,(H,29,31)(H,30,32). The largest absolute Gasteiger partial charge is 0.419 e. The lowest BCUT2D eigenvalue weighted by Gasteiger charge is -2.26. The fraction of sp³-hybridized carbons (Fsp3) is 0.500. The number of amides is 2. The lowest BCUT2D eigenvalue weighted by molar-refractivity contribution is -0.161. The van der Waals surface area contributed by atoms with Crippen molar-refractivity contribution in [3.05, 3.63) is 23.3 Å². The molecular formula is C16H12Cl6F6N2O2. The molecule has 1 rings (SSSR count). The number of carbonyl (C=O) groups excluding carboxylic acids is 2. The van der Waals surface area contributed by atoms with Gasteiger partial charge in [-0.1, -0.05) is 46.4 Å². The number of halogens is 12. The Bertz CT molecular complexity index is 861. The Balaban J connectivity index is 3.73. The SMILES string of the molecule is O=C(Nc1ccc(C(F)(F)F)c(C(F)(F)F)c1NC(=O)C(Cl)(Cl)CCCl)C(Cl)(Cl)CCCl. The zero-order valence-electron chi connectivity index (χ0n) is 15.3. The maximum absolute atomic E-state index is 13.7. The maximum atomic E-state index is 13.7. The molecule has 0 atom stereocenters. The van der Waals surface area contributed by atoms with Gasteiger partial charge in [0.15, 0.2) is 8.67 Å². The first-order chi connectivity index (χ1) is 14.4. The van der Waals surface area contributed by atoms with Crippen LogP contribution >= 0.6 is 69.6 Å². The second-order valence-corrected chi connectivity index (χ2v) is 9.83. The van der Waals surface area contributed by atoms with Crippen molar-refractivity contribution in [2.45, 2.75) is 33.9 Å². The summed E-state index contributed by atoms with van der Waals surface area (Å²) in [6.07, 6.45) is -12.0. The molecule has 32 heavy (non-hydrogen) atoms. The molecule has 0 spiro atoms. The minimum atomic E-state index is -5.64. The highest BCUT2D eigenvalue weighted by Crippen LogP contribution is 2.47. The van der Waals surface area contributed by atoms with E-state index in [-0.39, 0.29) is 24.2 Å². The molecule has 16 heteroatoms. The van der Waals surface area contributed by atoms with Crippen LogP contribution in [0.15, 0.2) is 12.1 Å². The molecule has 0 unspecified atom stereocenters. The van der Waals surface area contributed by atoms with Crippen molar-refractivity contribution < 1.29 is 35.9 Å². The number of benzene rings is 1. The van der Waals surface area contributed by atoms with Crippen LogP contribution in [0.1, 0.15) is 24.0 Å². The molecule has 0 aliphatic heterocycles. The molecule has 0 bridgehead atoms. The molecular weight excluding hydrogens is 579 g/mol. The van der Waals surface area contributed by atoms with Gasteiger partial charge in [-0.15, -0.1) is 23.2 Å². The van der Waals surface area contributed by atoms with Crippen molar-refractivity contribution in [2.24, 2.45) is 0 Å². The van der Waals surface area contributed by atoms with Crippen molar-refractivity contribution in [2.75, 3.05) is 22.4 Å². The molecule has 0 aromatic heterocycles. The number of rotatable bonds is 8. The van der Waals surface area contributed by atoms with Gasteiger partial charge >= 0.3 is 12.4 Å². The van der Waals surface area contributed by atoms with E-state index in [1.54, 1.807) is 5.32 Å². The highest BCUT2D eigenvalue weighted by molar-refractivity contribution is 6.60. The monoisotopic (exact) mass is 588 g/mol. The molecule has 182 valence electrons. The van der Waals surface area contributed by atoms with Crippen LogP contribution in [0.3, 0.4) is 0 Å². The van der Waals surface area contributed by atoms with E-state index in [0.29, 0.717) is 6.07 Å². The topological polar surface area (TPSA) is 58.2 Å². The zero-order valence-corrected chi connectivity index (χ0v) is 19.9. The molecule has 0 aliphatic carbocycles. The Morgan fingerprint density at radius 1 is 0.750 bits per heavy atom. The third-order valence-electron chi connectivity index (χ3n) is 3.76. The molecule has 0 fully saturated rings. The highest BCUT2D eigenvalue weighted by Gasteiger charge is 2.47. The van der Waals surface area contributed by atoms with Crippen molar-refractivity contribution in [3.63, 3.8) is 0 Å². The Kier molecular flexibility index (Phi) is 9.98. The number of alkyl halides is 12. The Morgan fingerprint density at radius 3 is 1.56 bits per heavy atom. The van der Waals surface area contributed by atoms with Gasteiger partial charge in [-0.2, -0.15) is 26.3 Å². The first kappa shape index (κ1) is 29.5. The van der Waals surface area contributed by atoms with Crippen LogP contribution in [-0.2, 0) is 21.9 Å². The van der Waals surface area contributed by atoms with Gasteiger partial charge in [0.1, 0.15) is 0 Å². The second kappa shape index (κ2) is 10.8. The number of carbonyl (C=O) groups is 2. The molecule has 2 amide bonds. The van der Waals surface area contributed by atoms with Crippen molar-refractivity contribution in [1.29, 1.82) is 0 Å². The summed E-state index contributed by atoms with van der Waals surface area (Å²) < 4.78 is 76.3. The van der Waals surface area contributed by atoms with Gasteiger partial charge in [0.2, 0.25) is 0 Å². The van der Waals surface area contributed by atoms with Crippen molar-refractivity contribution >= 4 is 92.8 Å². The smallest absolute Gasteiger partial charge is 0.322 e. The van der Waals surface area contributed by atoms with Crippen molar-refractivity contribution in [1.82, 2.24) is 0 Å². The molecule has 0 radical (unpaired) electrons. The molecule has 2 N–H and O–H groups in total. The summed E-state index contributed by atoms with van der Waals surface area (Å²) in [5.41, 5.74) is -6.83. The van der Waals surface area contributed by atoms with E-state index in [4.69, 9.17) is 69.6 Å². The number of anilines is 2. The van der Waals surface area contributed by atoms with Gasteiger partial charge in [0.25, 0.3) is 11.8 Å². The molecule has 1 aromatic rings. The van der Waals surface area contributed by atoms with Crippen LogP contribution in [0, 0.1) is 0 Å². The van der Waals surface area contributed by atoms with Gasteiger partial charge in [-0.3, -0.25) is 9.59 Å². The van der Waals surface area contributed by atoms with Crippen LogP contribution in [0.2, 0.25) is 0 Å². The molecule has 0 heterocycles. The third-order valence-corrected chi connectivity index (χ3v) is 5.58. The van der Waals surface area contributed by atoms with Gasteiger partial charge < -0.3 is 10.6 Å². The lowest BCUT2D eigenvalue weighted by atomic mass is 10.0. The second-order valence-electron chi connectivity index (χ2n) is 6.10. The molecule has 0 saturated heterocycles. The predicted octanol–water partition coefficient (Wildman–Crippen LogP) is 7.21. The summed E-state index contributed by atoms with van der Waals surface area (Å²) in [5.74, 6) is -3.37. The predicted molar refractivity (Wildman–Crippen MR) is 113 cm³/mol. The first-order valence-electron chi connectivity index (χ1n) is 8.20. The summed E-state index contributed by atoms with van der Waals surface area (Å²) in [6.45, 7) is 0. The lowest BCUT2D eigenvalue weighted by Crippen LogP contribution is -2.36. The van der Waals surface area contributed by atoms with Gasteiger partial charge in [0.05, 0.1) is 22.5 Å².